The highest BCUT2D eigenvalue weighted by atomic mass is 35.5. The van der Waals surface area contributed by atoms with E-state index in [0.29, 0.717) is 25.7 Å². The highest BCUT2D eigenvalue weighted by Crippen LogP contribution is 2.46. The average Bonchev–Trinajstić information content (AvgIpc) is 3.62. The maximum atomic E-state index is 6.93. The third-order valence-electron chi connectivity index (χ3n) is 8.27. The van der Waals surface area contributed by atoms with Gasteiger partial charge >= 0.3 is 0 Å². The molecule has 3 aromatic heterocycles. The standard InChI is InChI=1S/C28H33ClN8O/c1-15-5-8-21-23(17(3)32-33-21)22(15)26-30-20-9-10-36(28-24(29)25(18-6-7-18)34-35(28)4)13-19(20)27(31-26)37-11-12-38-14-16(37)2/h5,8,16,18H,6-7,9-14H2,1-4H3,(H,32,33)/t16-/m1/s1. The predicted molar refractivity (Wildman–Crippen MR) is 149 cm³/mol. The number of fused-ring (bicyclic) bond motifs is 2. The molecule has 1 saturated carbocycles. The van der Waals surface area contributed by atoms with Crippen LogP contribution in [0.4, 0.5) is 11.6 Å². The van der Waals surface area contributed by atoms with Crippen LogP contribution in [0.15, 0.2) is 12.1 Å². The predicted octanol–water partition coefficient (Wildman–Crippen LogP) is 4.69. The van der Waals surface area contributed by atoms with Gasteiger partial charge in [0.1, 0.15) is 16.7 Å². The molecule has 1 N–H and O–H groups in total. The number of hydrogen-bond donors (Lipinski definition) is 1. The van der Waals surface area contributed by atoms with Gasteiger partial charge < -0.3 is 14.5 Å². The highest BCUT2D eigenvalue weighted by molar-refractivity contribution is 6.33. The first-order valence-electron chi connectivity index (χ1n) is 13.6. The molecule has 0 amide bonds. The van der Waals surface area contributed by atoms with Crippen LogP contribution in [0, 0.1) is 13.8 Å². The van der Waals surface area contributed by atoms with Gasteiger partial charge in [-0.05, 0) is 45.2 Å². The normalized spacial score (nSPS) is 19.9. The Balaban J connectivity index is 1.37. The number of aryl methyl sites for hydroxylation is 3. The van der Waals surface area contributed by atoms with Gasteiger partial charge in [0.2, 0.25) is 0 Å². The zero-order valence-electron chi connectivity index (χ0n) is 22.4. The van der Waals surface area contributed by atoms with E-state index in [1.165, 1.54) is 18.4 Å². The summed E-state index contributed by atoms with van der Waals surface area (Å²) in [6.07, 6.45) is 3.17. The summed E-state index contributed by atoms with van der Waals surface area (Å²) in [5.41, 5.74) is 7.51. The fourth-order valence-corrected chi connectivity index (χ4v) is 6.54. The Morgan fingerprint density at radius 2 is 1.97 bits per heavy atom. The van der Waals surface area contributed by atoms with Crippen molar-refractivity contribution in [2.24, 2.45) is 7.05 Å². The lowest BCUT2D eigenvalue weighted by Crippen LogP contribution is -2.45. The maximum Gasteiger partial charge on any atom is 0.162 e. The second-order valence-corrected chi connectivity index (χ2v) is 11.4. The molecule has 2 aliphatic heterocycles. The number of benzene rings is 1. The minimum atomic E-state index is 0.222. The summed E-state index contributed by atoms with van der Waals surface area (Å²) in [5, 5.41) is 14.3. The van der Waals surface area contributed by atoms with Crippen molar-refractivity contribution in [3.8, 4) is 11.4 Å². The van der Waals surface area contributed by atoms with Crippen LogP contribution < -0.4 is 9.80 Å². The van der Waals surface area contributed by atoms with Crippen molar-refractivity contribution >= 4 is 34.1 Å². The molecule has 1 atom stereocenters. The molecule has 1 aliphatic carbocycles. The number of morpholine rings is 1. The van der Waals surface area contributed by atoms with Crippen molar-refractivity contribution in [2.45, 2.75) is 58.5 Å². The quantitative estimate of drug-likeness (QED) is 0.408. The molecule has 0 spiro atoms. The largest absolute Gasteiger partial charge is 0.377 e. The number of aromatic nitrogens is 6. The SMILES string of the molecule is Cc1ccc2[nH]nc(C)c2c1-c1nc2c(c(N3CCOC[C@H]3C)n1)CN(c1c(Cl)c(C3CC3)nn1C)CC2. The van der Waals surface area contributed by atoms with Gasteiger partial charge in [-0.2, -0.15) is 10.2 Å². The van der Waals surface area contributed by atoms with Gasteiger partial charge in [-0.3, -0.25) is 9.78 Å². The number of nitrogens with one attached hydrogen (secondary N) is 1. The number of H-pyrrole nitrogens is 1. The summed E-state index contributed by atoms with van der Waals surface area (Å²) in [4.78, 5) is 15.3. The smallest absolute Gasteiger partial charge is 0.162 e. The Morgan fingerprint density at radius 3 is 2.76 bits per heavy atom. The molecular weight excluding hydrogens is 500 g/mol. The molecule has 9 nitrogen and oxygen atoms in total. The van der Waals surface area contributed by atoms with Crippen LogP contribution in [0.25, 0.3) is 22.3 Å². The monoisotopic (exact) mass is 532 g/mol. The molecule has 0 unspecified atom stereocenters. The van der Waals surface area contributed by atoms with E-state index >= 15 is 0 Å². The lowest BCUT2D eigenvalue weighted by atomic mass is 9.99. The summed E-state index contributed by atoms with van der Waals surface area (Å²) < 4.78 is 7.75. The summed E-state index contributed by atoms with van der Waals surface area (Å²) in [6, 6.07) is 4.43. The summed E-state index contributed by atoms with van der Waals surface area (Å²) >= 11 is 6.93. The van der Waals surface area contributed by atoms with Crippen molar-refractivity contribution in [2.75, 3.05) is 36.1 Å². The number of rotatable bonds is 4. The number of hydrogen-bond acceptors (Lipinski definition) is 7. The van der Waals surface area contributed by atoms with Crippen molar-refractivity contribution < 1.29 is 4.74 Å². The maximum absolute atomic E-state index is 6.93. The van der Waals surface area contributed by atoms with E-state index in [-0.39, 0.29) is 6.04 Å². The summed E-state index contributed by atoms with van der Waals surface area (Å²) in [7, 11) is 2.00. The Labute approximate surface area is 227 Å². The van der Waals surface area contributed by atoms with E-state index in [4.69, 9.17) is 31.4 Å². The third kappa shape index (κ3) is 3.78. The Hall–Kier alpha value is -3.17. The fraction of sp³-hybridized carbons (Fsp3) is 0.500. The third-order valence-corrected chi connectivity index (χ3v) is 8.63. The van der Waals surface area contributed by atoms with Crippen LogP contribution >= 0.6 is 11.6 Å². The molecule has 4 aromatic rings. The van der Waals surface area contributed by atoms with E-state index in [2.05, 4.69) is 46.0 Å². The second kappa shape index (κ2) is 8.95. The molecule has 1 aromatic carbocycles. The molecule has 0 bridgehead atoms. The minimum absolute atomic E-state index is 0.222. The van der Waals surface area contributed by atoms with Gasteiger partial charge in [0, 0.05) is 55.5 Å². The van der Waals surface area contributed by atoms with Gasteiger partial charge in [0.15, 0.2) is 5.82 Å². The molecular formula is C28H33ClN8O. The molecule has 1 saturated heterocycles. The van der Waals surface area contributed by atoms with Crippen LogP contribution in [0.2, 0.25) is 5.02 Å². The lowest BCUT2D eigenvalue weighted by Gasteiger charge is -2.38. The first-order chi connectivity index (χ1) is 18.4. The Bertz CT molecular complexity index is 1550. The molecule has 2 fully saturated rings. The second-order valence-electron chi connectivity index (χ2n) is 11.0. The number of ether oxygens (including phenoxy) is 1. The van der Waals surface area contributed by atoms with E-state index in [9.17, 15) is 0 Å². The van der Waals surface area contributed by atoms with Gasteiger partial charge in [0.25, 0.3) is 0 Å². The Morgan fingerprint density at radius 1 is 1.13 bits per heavy atom. The minimum Gasteiger partial charge on any atom is -0.377 e. The molecule has 7 rings (SSSR count). The van der Waals surface area contributed by atoms with E-state index in [1.807, 2.05) is 18.7 Å². The van der Waals surface area contributed by atoms with Crippen molar-refractivity contribution in [1.82, 2.24) is 29.9 Å². The zero-order valence-corrected chi connectivity index (χ0v) is 23.1. The van der Waals surface area contributed by atoms with E-state index in [0.717, 1.165) is 81.1 Å². The summed E-state index contributed by atoms with van der Waals surface area (Å²) in [5.74, 6) is 3.28. The van der Waals surface area contributed by atoms with Crippen LogP contribution in [-0.4, -0.2) is 62.3 Å². The molecule has 3 aliphatic rings. The number of anilines is 2. The first-order valence-corrected chi connectivity index (χ1v) is 13.9. The van der Waals surface area contributed by atoms with E-state index in [1.54, 1.807) is 0 Å². The number of halogens is 1. The van der Waals surface area contributed by atoms with Crippen LogP contribution in [0.1, 0.15) is 53.9 Å². The molecule has 10 heteroatoms. The van der Waals surface area contributed by atoms with Crippen molar-refractivity contribution in [3.63, 3.8) is 0 Å². The zero-order chi connectivity index (χ0) is 26.1. The van der Waals surface area contributed by atoms with Crippen LogP contribution in [-0.2, 0) is 24.8 Å². The fourth-order valence-electron chi connectivity index (χ4n) is 6.10. The van der Waals surface area contributed by atoms with Gasteiger partial charge in [-0.15, -0.1) is 0 Å². The molecule has 0 radical (unpaired) electrons. The first kappa shape index (κ1) is 23.9. The number of aromatic amines is 1. The number of nitrogens with zero attached hydrogens (tertiary/aromatic N) is 7. The lowest BCUT2D eigenvalue weighted by molar-refractivity contribution is 0.0984. The highest BCUT2D eigenvalue weighted by Gasteiger charge is 2.35. The molecule has 5 heterocycles. The molecule has 38 heavy (non-hydrogen) atoms. The Kier molecular flexibility index (Phi) is 5.63. The van der Waals surface area contributed by atoms with Gasteiger partial charge in [0.05, 0.1) is 41.9 Å². The van der Waals surface area contributed by atoms with Crippen LogP contribution in [0.5, 0.6) is 0 Å². The van der Waals surface area contributed by atoms with Crippen molar-refractivity contribution in [1.29, 1.82) is 0 Å². The topological polar surface area (TPSA) is 88.0 Å². The summed E-state index contributed by atoms with van der Waals surface area (Å²) in [6.45, 7) is 10.1. The van der Waals surface area contributed by atoms with Crippen molar-refractivity contribution in [3.05, 3.63) is 45.4 Å². The van der Waals surface area contributed by atoms with Gasteiger partial charge in [-0.25, -0.2) is 9.97 Å². The van der Waals surface area contributed by atoms with Gasteiger partial charge in [-0.1, -0.05) is 17.7 Å². The van der Waals surface area contributed by atoms with E-state index < -0.39 is 0 Å². The molecule has 198 valence electrons. The van der Waals surface area contributed by atoms with Crippen LogP contribution in [0.3, 0.4) is 0 Å². The average molecular weight is 533 g/mol.